The fourth-order valence-corrected chi connectivity index (χ4v) is 4.65. The summed E-state index contributed by atoms with van der Waals surface area (Å²) in [5, 5.41) is 3.09. The highest BCUT2D eigenvalue weighted by Gasteiger charge is 2.41. The molecule has 2 aliphatic rings. The van der Waals surface area contributed by atoms with Crippen molar-refractivity contribution in [2.24, 2.45) is 5.73 Å². The molecule has 1 aromatic carbocycles. The van der Waals surface area contributed by atoms with E-state index in [2.05, 4.69) is 10.3 Å². The Morgan fingerprint density at radius 3 is 2.26 bits per heavy atom. The lowest BCUT2D eigenvalue weighted by Gasteiger charge is -2.43. The number of ether oxygens (including phenoxy) is 1. The number of hydrogen-bond acceptors (Lipinski definition) is 6. The van der Waals surface area contributed by atoms with Crippen molar-refractivity contribution in [1.29, 1.82) is 0 Å². The van der Waals surface area contributed by atoms with Crippen molar-refractivity contribution in [1.82, 2.24) is 20.1 Å². The SMILES string of the molecule is COc1cccc(C(=O)N2CCCN(C(=O)c3ccncc3)C2C(=O)NC2CCC(N)CC2)c1. The first-order valence-corrected chi connectivity index (χ1v) is 11.7. The summed E-state index contributed by atoms with van der Waals surface area (Å²) in [4.78, 5) is 47.5. The fourth-order valence-electron chi connectivity index (χ4n) is 4.65. The molecule has 9 nitrogen and oxygen atoms in total. The Balaban J connectivity index is 1.63. The van der Waals surface area contributed by atoms with Gasteiger partial charge in [-0.15, -0.1) is 0 Å². The van der Waals surface area contributed by atoms with Gasteiger partial charge in [0.15, 0.2) is 6.17 Å². The van der Waals surface area contributed by atoms with Crippen LogP contribution in [0.3, 0.4) is 0 Å². The van der Waals surface area contributed by atoms with E-state index < -0.39 is 6.17 Å². The van der Waals surface area contributed by atoms with E-state index in [1.54, 1.807) is 36.4 Å². The number of nitrogens with one attached hydrogen (secondary N) is 1. The molecule has 2 aromatic rings. The first-order valence-electron chi connectivity index (χ1n) is 11.7. The minimum absolute atomic E-state index is 0.0270. The van der Waals surface area contributed by atoms with Gasteiger partial charge in [-0.25, -0.2) is 0 Å². The fraction of sp³-hybridized carbons (Fsp3) is 0.440. The summed E-state index contributed by atoms with van der Waals surface area (Å²) in [5.74, 6) is -0.431. The van der Waals surface area contributed by atoms with Crippen LogP contribution in [-0.2, 0) is 4.79 Å². The lowest BCUT2D eigenvalue weighted by Crippen LogP contribution is -2.64. The Bertz CT molecular complexity index is 1020. The lowest BCUT2D eigenvalue weighted by molar-refractivity contribution is -0.133. The van der Waals surface area contributed by atoms with Gasteiger partial charge in [-0.3, -0.25) is 19.4 Å². The third-order valence-electron chi connectivity index (χ3n) is 6.51. The first kappa shape index (κ1) is 23.7. The van der Waals surface area contributed by atoms with Crippen molar-refractivity contribution in [3.63, 3.8) is 0 Å². The Kier molecular flexibility index (Phi) is 7.42. The molecule has 1 aliphatic carbocycles. The standard InChI is InChI=1S/C25H31N5O4/c1-34-21-5-2-4-18(16-21)25(33)30-15-3-14-29(24(32)17-10-12-27-13-11-17)23(30)22(31)28-20-8-6-19(26)7-9-20/h2,4-5,10-13,16,19-20,23H,3,6-9,14-15,26H2,1H3,(H,28,31). The van der Waals surface area contributed by atoms with Gasteiger partial charge in [-0.2, -0.15) is 0 Å². The monoisotopic (exact) mass is 465 g/mol. The van der Waals surface area contributed by atoms with Gasteiger partial charge in [-0.05, 0) is 62.4 Å². The van der Waals surface area contributed by atoms with Gasteiger partial charge in [-0.1, -0.05) is 6.07 Å². The summed E-state index contributed by atoms with van der Waals surface area (Å²) >= 11 is 0. The molecule has 2 fully saturated rings. The summed E-state index contributed by atoms with van der Waals surface area (Å²) in [6, 6.07) is 10.2. The molecule has 4 rings (SSSR count). The Labute approximate surface area is 199 Å². The van der Waals surface area contributed by atoms with Gasteiger partial charge >= 0.3 is 0 Å². The van der Waals surface area contributed by atoms with Crippen LogP contribution < -0.4 is 15.8 Å². The van der Waals surface area contributed by atoms with Crippen molar-refractivity contribution in [2.75, 3.05) is 20.2 Å². The summed E-state index contributed by atoms with van der Waals surface area (Å²) < 4.78 is 5.26. The van der Waals surface area contributed by atoms with E-state index in [1.807, 2.05) is 0 Å². The van der Waals surface area contributed by atoms with E-state index >= 15 is 0 Å². The molecule has 1 saturated carbocycles. The maximum atomic E-state index is 13.6. The zero-order chi connectivity index (χ0) is 24.1. The molecule has 0 radical (unpaired) electrons. The number of benzene rings is 1. The second-order valence-electron chi connectivity index (χ2n) is 8.81. The molecule has 9 heteroatoms. The Hall–Kier alpha value is -3.46. The number of rotatable bonds is 5. The van der Waals surface area contributed by atoms with Gasteiger partial charge in [0.1, 0.15) is 5.75 Å². The van der Waals surface area contributed by atoms with Crippen LogP contribution in [0.1, 0.15) is 52.8 Å². The molecular formula is C25H31N5O4. The van der Waals surface area contributed by atoms with Crippen molar-refractivity contribution >= 4 is 17.7 Å². The molecule has 34 heavy (non-hydrogen) atoms. The number of amides is 3. The topological polar surface area (TPSA) is 118 Å². The minimum atomic E-state index is -1.05. The second kappa shape index (κ2) is 10.6. The molecule has 1 aliphatic heterocycles. The predicted molar refractivity (Wildman–Crippen MR) is 126 cm³/mol. The van der Waals surface area contributed by atoms with Crippen LogP contribution in [0.5, 0.6) is 5.75 Å². The van der Waals surface area contributed by atoms with Gasteiger partial charge in [0.2, 0.25) is 0 Å². The van der Waals surface area contributed by atoms with Crippen molar-refractivity contribution in [3.05, 3.63) is 59.9 Å². The van der Waals surface area contributed by atoms with Crippen molar-refractivity contribution < 1.29 is 19.1 Å². The minimum Gasteiger partial charge on any atom is -0.497 e. The number of aromatic nitrogens is 1. The highest BCUT2D eigenvalue weighted by molar-refractivity contribution is 6.01. The Morgan fingerprint density at radius 1 is 0.971 bits per heavy atom. The van der Waals surface area contributed by atoms with Crippen LogP contribution in [0.25, 0.3) is 0 Å². The Morgan fingerprint density at radius 2 is 1.62 bits per heavy atom. The number of hydrogen-bond donors (Lipinski definition) is 2. The summed E-state index contributed by atoms with van der Waals surface area (Å²) in [7, 11) is 1.53. The maximum Gasteiger partial charge on any atom is 0.264 e. The van der Waals surface area contributed by atoms with E-state index in [0.717, 1.165) is 25.7 Å². The molecule has 3 amide bonds. The zero-order valence-corrected chi connectivity index (χ0v) is 19.4. The van der Waals surface area contributed by atoms with Crippen LogP contribution in [-0.4, -0.2) is 71.0 Å². The average Bonchev–Trinajstić information content (AvgIpc) is 2.89. The second-order valence-corrected chi connectivity index (χ2v) is 8.81. The van der Waals surface area contributed by atoms with Crippen LogP contribution in [0.15, 0.2) is 48.8 Å². The molecule has 0 spiro atoms. The van der Waals surface area contributed by atoms with Gasteiger partial charge < -0.3 is 25.6 Å². The molecule has 1 unspecified atom stereocenters. The average molecular weight is 466 g/mol. The van der Waals surface area contributed by atoms with Crippen LogP contribution in [0, 0.1) is 0 Å². The highest BCUT2D eigenvalue weighted by atomic mass is 16.5. The van der Waals surface area contributed by atoms with Crippen LogP contribution in [0.4, 0.5) is 0 Å². The molecule has 1 atom stereocenters. The van der Waals surface area contributed by atoms with Gasteiger partial charge in [0, 0.05) is 48.7 Å². The summed E-state index contributed by atoms with van der Waals surface area (Å²) in [6.07, 6.45) is 5.82. The molecule has 2 heterocycles. The molecule has 3 N–H and O–H groups in total. The number of pyridine rings is 1. The third kappa shape index (κ3) is 5.20. The smallest absolute Gasteiger partial charge is 0.264 e. The molecule has 180 valence electrons. The van der Waals surface area contributed by atoms with E-state index in [9.17, 15) is 14.4 Å². The molecule has 1 saturated heterocycles. The van der Waals surface area contributed by atoms with E-state index in [0.29, 0.717) is 36.4 Å². The number of carbonyl (C=O) groups is 3. The number of methoxy groups -OCH3 is 1. The van der Waals surface area contributed by atoms with Crippen LogP contribution in [0.2, 0.25) is 0 Å². The maximum absolute atomic E-state index is 13.6. The lowest BCUT2D eigenvalue weighted by atomic mass is 9.91. The third-order valence-corrected chi connectivity index (χ3v) is 6.51. The highest BCUT2D eigenvalue weighted by Crippen LogP contribution is 2.24. The first-order chi connectivity index (χ1) is 16.5. The predicted octanol–water partition coefficient (Wildman–Crippen LogP) is 1.79. The normalized spacial score (nSPS) is 22.7. The van der Waals surface area contributed by atoms with E-state index in [-0.39, 0.29) is 29.8 Å². The van der Waals surface area contributed by atoms with Crippen LogP contribution >= 0.6 is 0 Å². The molecule has 0 bridgehead atoms. The van der Waals surface area contributed by atoms with Gasteiger partial charge in [0.25, 0.3) is 17.7 Å². The van der Waals surface area contributed by atoms with Gasteiger partial charge in [0.05, 0.1) is 7.11 Å². The summed E-state index contributed by atoms with van der Waals surface area (Å²) in [5.41, 5.74) is 6.84. The quantitative estimate of drug-likeness (QED) is 0.695. The number of nitrogens with zero attached hydrogens (tertiary/aromatic N) is 3. The number of carbonyl (C=O) groups excluding carboxylic acids is 3. The summed E-state index contributed by atoms with van der Waals surface area (Å²) in [6.45, 7) is 0.737. The van der Waals surface area contributed by atoms with Crippen molar-refractivity contribution in [3.8, 4) is 5.75 Å². The molecular weight excluding hydrogens is 434 g/mol. The van der Waals surface area contributed by atoms with Crippen molar-refractivity contribution in [2.45, 2.75) is 50.4 Å². The van der Waals surface area contributed by atoms with E-state index in [4.69, 9.17) is 10.5 Å². The zero-order valence-electron chi connectivity index (χ0n) is 19.4. The number of nitrogens with two attached hydrogens (primary N) is 1. The van der Waals surface area contributed by atoms with E-state index in [1.165, 1.54) is 29.3 Å². The molecule has 1 aromatic heterocycles. The largest absolute Gasteiger partial charge is 0.497 e.